The van der Waals surface area contributed by atoms with Crippen LogP contribution in [0.5, 0.6) is 0 Å². The molecule has 0 aliphatic heterocycles. The highest BCUT2D eigenvalue weighted by atomic mass is 32.1. The highest BCUT2D eigenvalue weighted by Crippen LogP contribution is 2.21. The molecular formula is C18H19N3OS. The van der Waals surface area contributed by atoms with Crippen LogP contribution < -0.4 is 10.2 Å². The van der Waals surface area contributed by atoms with Gasteiger partial charge in [-0.15, -0.1) is 11.3 Å². The van der Waals surface area contributed by atoms with Crippen LogP contribution in [-0.4, -0.2) is 24.6 Å². The number of anilines is 1. The zero-order valence-electron chi connectivity index (χ0n) is 13.2. The molecule has 0 bridgehead atoms. The normalized spacial score (nSPS) is 10.5. The standard InChI is InChI=1S/C18H19N3OS/c1-20(2)15-7-5-14(6-8-15)13-19-18(22)17-16(9-12-23-17)21-10-3-4-11-21/h3-12H,13H2,1-2H3,(H,19,22). The summed E-state index contributed by atoms with van der Waals surface area (Å²) in [5.74, 6) is -0.0413. The molecule has 1 aromatic carbocycles. The first-order valence-corrected chi connectivity index (χ1v) is 8.28. The van der Waals surface area contributed by atoms with Crippen molar-refractivity contribution in [3.05, 3.63) is 70.7 Å². The van der Waals surface area contributed by atoms with E-state index in [9.17, 15) is 4.79 Å². The van der Waals surface area contributed by atoms with E-state index in [1.165, 1.54) is 11.3 Å². The average Bonchev–Trinajstić information content (AvgIpc) is 3.23. The summed E-state index contributed by atoms with van der Waals surface area (Å²) < 4.78 is 1.96. The Morgan fingerprint density at radius 1 is 1.13 bits per heavy atom. The Hall–Kier alpha value is -2.53. The van der Waals surface area contributed by atoms with Gasteiger partial charge in [0, 0.05) is 38.7 Å². The second kappa shape index (κ2) is 6.71. The first kappa shape index (κ1) is 15.4. The lowest BCUT2D eigenvalue weighted by atomic mass is 10.2. The van der Waals surface area contributed by atoms with Crippen LogP contribution in [-0.2, 0) is 6.54 Å². The minimum Gasteiger partial charge on any atom is -0.378 e. The Morgan fingerprint density at radius 3 is 2.48 bits per heavy atom. The Labute approximate surface area is 140 Å². The molecule has 3 aromatic rings. The Bertz CT molecular complexity index is 773. The largest absolute Gasteiger partial charge is 0.378 e. The number of benzene rings is 1. The van der Waals surface area contributed by atoms with E-state index >= 15 is 0 Å². The van der Waals surface area contributed by atoms with Crippen LogP contribution >= 0.6 is 11.3 Å². The van der Waals surface area contributed by atoms with Gasteiger partial charge in [0.15, 0.2) is 0 Å². The molecule has 0 aliphatic rings. The fourth-order valence-corrected chi connectivity index (χ4v) is 3.15. The number of amides is 1. The quantitative estimate of drug-likeness (QED) is 0.779. The van der Waals surface area contributed by atoms with Crippen molar-refractivity contribution < 1.29 is 4.79 Å². The molecule has 5 heteroatoms. The molecule has 2 heterocycles. The minimum atomic E-state index is -0.0413. The molecule has 0 fully saturated rings. The van der Waals surface area contributed by atoms with Crippen LogP contribution in [0, 0.1) is 0 Å². The summed E-state index contributed by atoms with van der Waals surface area (Å²) in [6, 6.07) is 14.0. The molecule has 2 aromatic heterocycles. The van der Waals surface area contributed by atoms with Crippen molar-refractivity contribution in [2.24, 2.45) is 0 Å². The van der Waals surface area contributed by atoms with Gasteiger partial charge in [0.1, 0.15) is 4.88 Å². The Balaban J connectivity index is 1.67. The highest BCUT2D eigenvalue weighted by molar-refractivity contribution is 7.12. The van der Waals surface area contributed by atoms with Crippen molar-refractivity contribution in [1.82, 2.24) is 9.88 Å². The molecular weight excluding hydrogens is 306 g/mol. The monoisotopic (exact) mass is 325 g/mol. The molecule has 0 spiro atoms. The summed E-state index contributed by atoms with van der Waals surface area (Å²) in [5, 5.41) is 4.94. The summed E-state index contributed by atoms with van der Waals surface area (Å²) >= 11 is 1.46. The fourth-order valence-electron chi connectivity index (χ4n) is 2.35. The van der Waals surface area contributed by atoms with Gasteiger partial charge in [-0.2, -0.15) is 0 Å². The molecule has 0 aliphatic carbocycles. The lowest BCUT2D eigenvalue weighted by molar-refractivity contribution is 0.0955. The molecule has 23 heavy (non-hydrogen) atoms. The molecule has 1 N–H and O–H groups in total. The van der Waals surface area contributed by atoms with Crippen LogP contribution in [0.1, 0.15) is 15.2 Å². The van der Waals surface area contributed by atoms with E-state index in [4.69, 9.17) is 0 Å². The molecule has 0 saturated heterocycles. The lowest BCUT2D eigenvalue weighted by Crippen LogP contribution is -2.23. The maximum absolute atomic E-state index is 12.4. The van der Waals surface area contributed by atoms with Crippen LogP contribution in [0.3, 0.4) is 0 Å². The van der Waals surface area contributed by atoms with E-state index in [0.717, 1.165) is 21.8 Å². The molecule has 1 amide bonds. The van der Waals surface area contributed by atoms with Gasteiger partial charge in [0.2, 0.25) is 0 Å². The van der Waals surface area contributed by atoms with E-state index in [1.807, 2.05) is 66.8 Å². The topological polar surface area (TPSA) is 37.3 Å². The smallest absolute Gasteiger partial charge is 0.263 e. The number of aromatic nitrogens is 1. The number of nitrogens with zero attached hydrogens (tertiary/aromatic N) is 2. The number of carbonyl (C=O) groups is 1. The third-order valence-electron chi connectivity index (χ3n) is 3.64. The summed E-state index contributed by atoms with van der Waals surface area (Å²) in [6.45, 7) is 0.523. The molecule has 0 saturated carbocycles. The van der Waals surface area contributed by atoms with Crippen molar-refractivity contribution in [2.45, 2.75) is 6.54 Å². The van der Waals surface area contributed by atoms with Crippen LogP contribution in [0.4, 0.5) is 5.69 Å². The van der Waals surface area contributed by atoms with Gasteiger partial charge in [-0.25, -0.2) is 0 Å². The van der Waals surface area contributed by atoms with Crippen molar-refractivity contribution in [2.75, 3.05) is 19.0 Å². The summed E-state index contributed by atoms with van der Waals surface area (Å²) in [5.41, 5.74) is 3.15. The Morgan fingerprint density at radius 2 is 1.83 bits per heavy atom. The zero-order valence-corrected chi connectivity index (χ0v) is 14.0. The first-order chi connectivity index (χ1) is 11.1. The number of nitrogens with one attached hydrogen (secondary N) is 1. The second-order valence-electron chi connectivity index (χ2n) is 5.47. The fraction of sp³-hybridized carbons (Fsp3) is 0.167. The van der Waals surface area contributed by atoms with E-state index in [0.29, 0.717) is 6.54 Å². The maximum Gasteiger partial charge on any atom is 0.263 e. The van der Waals surface area contributed by atoms with Crippen LogP contribution in [0.15, 0.2) is 60.2 Å². The van der Waals surface area contributed by atoms with Crippen LogP contribution in [0.25, 0.3) is 5.69 Å². The van der Waals surface area contributed by atoms with Gasteiger partial charge < -0.3 is 14.8 Å². The van der Waals surface area contributed by atoms with Crippen molar-refractivity contribution in [1.29, 1.82) is 0 Å². The van der Waals surface area contributed by atoms with E-state index in [-0.39, 0.29) is 5.91 Å². The number of hydrogen-bond acceptors (Lipinski definition) is 3. The summed E-state index contributed by atoms with van der Waals surface area (Å²) in [4.78, 5) is 15.2. The molecule has 118 valence electrons. The Kier molecular flexibility index (Phi) is 4.48. The average molecular weight is 325 g/mol. The van der Waals surface area contributed by atoms with Gasteiger partial charge in [-0.3, -0.25) is 4.79 Å². The van der Waals surface area contributed by atoms with Gasteiger partial charge in [0.05, 0.1) is 5.69 Å². The molecule has 4 nitrogen and oxygen atoms in total. The number of rotatable bonds is 5. The van der Waals surface area contributed by atoms with Gasteiger partial charge in [-0.05, 0) is 41.3 Å². The SMILES string of the molecule is CN(C)c1ccc(CNC(=O)c2sccc2-n2cccc2)cc1. The van der Waals surface area contributed by atoms with Crippen molar-refractivity contribution >= 4 is 22.9 Å². The zero-order chi connectivity index (χ0) is 16.2. The molecule has 0 radical (unpaired) electrons. The highest BCUT2D eigenvalue weighted by Gasteiger charge is 2.13. The second-order valence-corrected chi connectivity index (χ2v) is 6.38. The van der Waals surface area contributed by atoms with E-state index < -0.39 is 0 Å². The summed E-state index contributed by atoms with van der Waals surface area (Å²) in [6.07, 6.45) is 3.89. The first-order valence-electron chi connectivity index (χ1n) is 7.40. The van der Waals surface area contributed by atoms with Gasteiger partial charge >= 0.3 is 0 Å². The predicted molar refractivity (Wildman–Crippen MR) is 95.6 cm³/mol. The van der Waals surface area contributed by atoms with Gasteiger partial charge in [-0.1, -0.05) is 12.1 Å². The van der Waals surface area contributed by atoms with E-state index in [1.54, 1.807) is 0 Å². The van der Waals surface area contributed by atoms with Crippen molar-refractivity contribution in [3.8, 4) is 5.69 Å². The number of hydrogen-bond donors (Lipinski definition) is 1. The third-order valence-corrected chi connectivity index (χ3v) is 4.54. The number of carbonyl (C=O) groups excluding carboxylic acids is 1. The van der Waals surface area contributed by atoms with E-state index in [2.05, 4.69) is 22.3 Å². The van der Waals surface area contributed by atoms with Crippen molar-refractivity contribution in [3.63, 3.8) is 0 Å². The lowest BCUT2D eigenvalue weighted by Gasteiger charge is -2.13. The molecule has 0 atom stereocenters. The molecule has 3 rings (SSSR count). The van der Waals surface area contributed by atoms with Crippen LogP contribution in [0.2, 0.25) is 0 Å². The molecule has 0 unspecified atom stereocenters. The maximum atomic E-state index is 12.4. The minimum absolute atomic E-state index is 0.0413. The number of thiophene rings is 1. The predicted octanol–water partition coefficient (Wildman–Crippen LogP) is 3.53. The third kappa shape index (κ3) is 3.46. The summed E-state index contributed by atoms with van der Waals surface area (Å²) in [7, 11) is 4.02. The van der Waals surface area contributed by atoms with Gasteiger partial charge in [0.25, 0.3) is 5.91 Å².